The highest BCUT2D eigenvalue weighted by Gasteiger charge is 2.21. The number of hydrogen-bond donors (Lipinski definition) is 1. The molecule has 2 rings (SSSR count). The van der Waals surface area contributed by atoms with Gasteiger partial charge in [-0.1, -0.05) is 27.2 Å². The number of thiophene rings is 1. The lowest BCUT2D eigenvalue weighted by molar-refractivity contribution is 0.315. The highest BCUT2D eigenvalue weighted by molar-refractivity contribution is 7.11. The molecule has 2 heterocycles. The molecule has 1 N–H and O–H groups in total. The van der Waals surface area contributed by atoms with Crippen LogP contribution in [0, 0.1) is 5.92 Å². The lowest BCUT2D eigenvalue weighted by Gasteiger charge is -2.14. The van der Waals surface area contributed by atoms with Crippen LogP contribution in [-0.2, 0) is 13.1 Å². The summed E-state index contributed by atoms with van der Waals surface area (Å²) < 4.78 is 0. The number of likely N-dealkylation sites (tertiary alicyclic amines) is 1. The first-order valence-corrected chi connectivity index (χ1v) is 8.52. The zero-order valence-corrected chi connectivity index (χ0v) is 13.4. The van der Waals surface area contributed by atoms with E-state index in [0.717, 1.165) is 19.0 Å². The molecule has 3 heteroatoms. The minimum Gasteiger partial charge on any atom is -0.310 e. The van der Waals surface area contributed by atoms with E-state index in [1.165, 1.54) is 42.1 Å². The maximum atomic E-state index is 3.49. The molecule has 0 aliphatic carbocycles. The van der Waals surface area contributed by atoms with Crippen LogP contribution < -0.4 is 5.32 Å². The van der Waals surface area contributed by atoms with Crippen LogP contribution in [-0.4, -0.2) is 24.0 Å². The molecule has 2 nitrogen and oxygen atoms in total. The van der Waals surface area contributed by atoms with E-state index in [4.69, 9.17) is 0 Å². The predicted molar refractivity (Wildman–Crippen MR) is 84.6 cm³/mol. The van der Waals surface area contributed by atoms with Gasteiger partial charge in [0.15, 0.2) is 0 Å². The Balaban J connectivity index is 1.77. The van der Waals surface area contributed by atoms with Gasteiger partial charge in [0.25, 0.3) is 0 Å². The van der Waals surface area contributed by atoms with E-state index in [9.17, 15) is 0 Å². The first-order chi connectivity index (χ1) is 9.17. The molecular formula is C16H28N2S. The Hall–Kier alpha value is -0.380. The molecule has 0 bridgehead atoms. The van der Waals surface area contributed by atoms with Crippen molar-refractivity contribution in [2.45, 2.75) is 59.2 Å². The summed E-state index contributed by atoms with van der Waals surface area (Å²) in [5.74, 6) is 0.951. The summed E-state index contributed by atoms with van der Waals surface area (Å²) in [5.41, 5.74) is 0. The summed E-state index contributed by atoms with van der Waals surface area (Å²) in [6, 6.07) is 5.17. The third kappa shape index (κ3) is 4.90. The van der Waals surface area contributed by atoms with E-state index in [0.29, 0.717) is 6.04 Å². The SMILES string of the molecule is CCCC1CCN(Cc2ccc(CNC(C)C)s2)C1. The van der Waals surface area contributed by atoms with Gasteiger partial charge in [-0.15, -0.1) is 11.3 Å². The molecule has 19 heavy (non-hydrogen) atoms. The molecular weight excluding hydrogens is 252 g/mol. The van der Waals surface area contributed by atoms with Gasteiger partial charge in [0.2, 0.25) is 0 Å². The van der Waals surface area contributed by atoms with Crippen molar-refractivity contribution in [1.82, 2.24) is 10.2 Å². The van der Waals surface area contributed by atoms with Crippen LogP contribution in [0.5, 0.6) is 0 Å². The molecule has 0 spiro atoms. The van der Waals surface area contributed by atoms with Crippen molar-refractivity contribution in [2.75, 3.05) is 13.1 Å². The maximum Gasteiger partial charge on any atom is 0.0328 e. The summed E-state index contributed by atoms with van der Waals surface area (Å²) in [5, 5.41) is 3.49. The second-order valence-corrected chi connectivity index (χ2v) is 7.33. The average molecular weight is 280 g/mol. The van der Waals surface area contributed by atoms with E-state index < -0.39 is 0 Å². The zero-order valence-electron chi connectivity index (χ0n) is 12.6. The van der Waals surface area contributed by atoms with Gasteiger partial charge in [-0.2, -0.15) is 0 Å². The third-order valence-corrected chi connectivity index (χ3v) is 4.92. The number of nitrogens with zero attached hydrogens (tertiary/aromatic N) is 1. The summed E-state index contributed by atoms with van der Waals surface area (Å²) in [6.45, 7) is 11.5. The molecule has 1 aromatic rings. The van der Waals surface area contributed by atoms with Gasteiger partial charge in [0.1, 0.15) is 0 Å². The third-order valence-electron chi connectivity index (χ3n) is 3.85. The molecule has 1 aromatic heterocycles. The topological polar surface area (TPSA) is 15.3 Å². The van der Waals surface area contributed by atoms with Crippen molar-refractivity contribution >= 4 is 11.3 Å². The van der Waals surface area contributed by atoms with Crippen LogP contribution >= 0.6 is 11.3 Å². The maximum absolute atomic E-state index is 3.49. The molecule has 108 valence electrons. The summed E-state index contributed by atoms with van der Waals surface area (Å²) in [4.78, 5) is 5.62. The number of rotatable bonds is 7. The monoisotopic (exact) mass is 280 g/mol. The van der Waals surface area contributed by atoms with E-state index in [2.05, 4.69) is 43.1 Å². The predicted octanol–water partition coefficient (Wildman–Crippen LogP) is 3.87. The van der Waals surface area contributed by atoms with E-state index in [1.54, 1.807) is 0 Å². The smallest absolute Gasteiger partial charge is 0.0328 e. The molecule has 0 radical (unpaired) electrons. The van der Waals surface area contributed by atoms with Crippen LogP contribution in [0.2, 0.25) is 0 Å². The standard InChI is InChI=1S/C16H28N2S/c1-4-5-14-8-9-18(11-14)12-16-7-6-15(19-16)10-17-13(2)3/h6-7,13-14,17H,4-5,8-12H2,1-3H3. The van der Waals surface area contributed by atoms with Crippen molar-refractivity contribution in [2.24, 2.45) is 5.92 Å². The number of hydrogen-bond acceptors (Lipinski definition) is 3. The van der Waals surface area contributed by atoms with Gasteiger partial charge in [-0.3, -0.25) is 4.90 Å². The van der Waals surface area contributed by atoms with Crippen molar-refractivity contribution in [3.05, 3.63) is 21.9 Å². The first-order valence-electron chi connectivity index (χ1n) is 7.70. The Morgan fingerprint density at radius 1 is 1.37 bits per heavy atom. The van der Waals surface area contributed by atoms with Crippen molar-refractivity contribution in [3.8, 4) is 0 Å². The normalized spacial score (nSPS) is 20.5. The van der Waals surface area contributed by atoms with E-state index >= 15 is 0 Å². The Labute approximate surface area is 122 Å². The quantitative estimate of drug-likeness (QED) is 0.815. The summed E-state index contributed by atoms with van der Waals surface area (Å²) >= 11 is 1.97. The van der Waals surface area contributed by atoms with Crippen molar-refractivity contribution in [3.63, 3.8) is 0 Å². The largest absolute Gasteiger partial charge is 0.310 e. The second-order valence-electron chi connectivity index (χ2n) is 6.08. The first kappa shape index (κ1) is 15.0. The highest BCUT2D eigenvalue weighted by atomic mass is 32.1. The fraction of sp³-hybridized carbons (Fsp3) is 0.750. The summed E-state index contributed by atoms with van der Waals surface area (Å²) in [6.07, 6.45) is 4.15. The Kier molecular flexibility index (Phi) is 5.86. The molecule has 1 aliphatic rings. The molecule has 1 aliphatic heterocycles. The minimum absolute atomic E-state index is 0.568. The van der Waals surface area contributed by atoms with Gasteiger partial charge >= 0.3 is 0 Å². The summed E-state index contributed by atoms with van der Waals surface area (Å²) in [7, 11) is 0. The van der Waals surface area contributed by atoms with Crippen molar-refractivity contribution < 1.29 is 0 Å². The van der Waals surface area contributed by atoms with Crippen LogP contribution in [0.1, 0.15) is 49.8 Å². The van der Waals surface area contributed by atoms with Gasteiger partial charge in [-0.25, -0.2) is 0 Å². The van der Waals surface area contributed by atoms with Gasteiger partial charge < -0.3 is 5.32 Å². The molecule has 1 saturated heterocycles. The van der Waals surface area contributed by atoms with Gasteiger partial charge in [-0.05, 0) is 37.4 Å². The Morgan fingerprint density at radius 3 is 2.89 bits per heavy atom. The molecule has 1 fully saturated rings. The highest BCUT2D eigenvalue weighted by Crippen LogP contribution is 2.25. The zero-order chi connectivity index (χ0) is 13.7. The Bertz CT molecular complexity index is 373. The molecule has 0 saturated carbocycles. The average Bonchev–Trinajstić information content (AvgIpc) is 2.98. The van der Waals surface area contributed by atoms with Gasteiger partial charge in [0, 0.05) is 35.4 Å². The van der Waals surface area contributed by atoms with Gasteiger partial charge in [0.05, 0.1) is 0 Å². The van der Waals surface area contributed by atoms with Crippen molar-refractivity contribution in [1.29, 1.82) is 0 Å². The Morgan fingerprint density at radius 2 is 2.16 bits per heavy atom. The fourth-order valence-electron chi connectivity index (χ4n) is 2.83. The molecule has 0 aromatic carbocycles. The molecule has 0 amide bonds. The van der Waals surface area contributed by atoms with Crippen LogP contribution in [0.15, 0.2) is 12.1 Å². The van der Waals surface area contributed by atoms with Crippen LogP contribution in [0.3, 0.4) is 0 Å². The van der Waals surface area contributed by atoms with E-state index in [1.807, 2.05) is 11.3 Å². The lowest BCUT2D eigenvalue weighted by Crippen LogP contribution is -2.21. The van der Waals surface area contributed by atoms with E-state index in [-0.39, 0.29) is 0 Å². The van der Waals surface area contributed by atoms with Crippen LogP contribution in [0.25, 0.3) is 0 Å². The minimum atomic E-state index is 0.568. The van der Waals surface area contributed by atoms with Crippen LogP contribution in [0.4, 0.5) is 0 Å². The molecule has 1 unspecified atom stereocenters. The second kappa shape index (κ2) is 7.41. The fourth-order valence-corrected chi connectivity index (χ4v) is 3.84. The number of nitrogens with one attached hydrogen (secondary N) is 1. The lowest BCUT2D eigenvalue weighted by atomic mass is 10.0. The molecule has 1 atom stereocenters.